The van der Waals surface area contributed by atoms with Crippen molar-refractivity contribution < 1.29 is 19.1 Å². The maximum absolute atomic E-state index is 13.5. The fraction of sp³-hybridized carbons (Fsp3) is 0.0769. The minimum atomic E-state index is -0.818. The molecule has 1 unspecified atom stereocenters. The van der Waals surface area contributed by atoms with Gasteiger partial charge in [0.25, 0.3) is 5.91 Å². The van der Waals surface area contributed by atoms with E-state index in [4.69, 9.17) is 0 Å². The van der Waals surface area contributed by atoms with Gasteiger partial charge in [0.15, 0.2) is 11.5 Å². The second kappa shape index (κ2) is 8.79. The summed E-state index contributed by atoms with van der Waals surface area (Å²) < 4.78 is 13.5. The maximum atomic E-state index is 13.5. The van der Waals surface area contributed by atoms with E-state index in [2.05, 4.69) is 0 Å². The molecule has 1 amide bonds. The van der Waals surface area contributed by atoms with Crippen molar-refractivity contribution in [2.24, 2.45) is 0 Å². The summed E-state index contributed by atoms with van der Waals surface area (Å²) >= 11 is 0. The molecule has 4 rings (SSSR count). The normalized spacial score (nSPS) is 16.4. The zero-order chi connectivity index (χ0) is 21.8. The van der Waals surface area contributed by atoms with Gasteiger partial charge in [-0.15, -0.1) is 0 Å². The van der Waals surface area contributed by atoms with Gasteiger partial charge in [0.05, 0.1) is 11.6 Å². The molecule has 3 aromatic rings. The van der Waals surface area contributed by atoms with Crippen LogP contribution >= 0.6 is 0 Å². The van der Waals surface area contributed by atoms with E-state index in [1.807, 2.05) is 60.7 Å². The molecule has 1 aliphatic rings. The second-order valence-electron chi connectivity index (χ2n) is 7.24. The second-order valence-corrected chi connectivity index (χ2v) is 7.24. The van der Waals surface area contributed by atoms with Crippen LogP contribution in [-0.2, 0) is 16.1 Å². The first-order chi connectivity index (χ1) is 15.0. The van der Waals surface area contributed by atoms with Gasteiger partial charge < -0.3 is 10.0 Å². The Labute approximate surface area is 179 Å². The number of rotatable bonds is 6. The first kappa shape index (κ1) is 20.3. The largest absolute Gasteiger partial charge is 0.503 e. The molecule has 3 aromatic carbocycles. The van der Waals surface area contributed by atoms with Crippen LogP contribution in [0.15, 0.2) is 102 Å². The highest BCUT2D eigenvalue weighted by Gasteiger charge is 2.42. The molecular weight excluding hydrogens is 393 g/mol. The number of halogens is 1. The van der Waals surface area contributed by atoms with Crippen molar-refractivity contribution in [3.63, 3.8) is 0 Å². The van der Waals surface area contributed by atoms with E-state index >= 15 is 0 Å². The molecule has 5 heteroatoms. The molecule has 1 heterocycles. The Bertz CT molecular complexity index is 1150. The summed E-state index contributed by atoms with van der Waals surface area (Å²) in [5, 5.41) is 10.6. The Balaban J connectivity index is 1.72. The monoisotopic (exact) mass is 413 g/mol. The van der Waals surface area contributed by atoms with Crippen molar-refractivity contribution in [3.8, 4) is 0 Å². The maximum Gasteiger partial charge on any atom is 0.290 e. The molecule has 1 N–H and O–H groups in total. The fourth-order valence-corrected chi connectivity index (χ4v) is 3.67. The Hall–Kier alpha value is -3.99. The third-order valence-corrected chi connectivity index (χ3v) is 5.18. The molecule has 0 saturated carbocycles. The predicted octanol–water partition coefficient (Wildman–Crippen LogP) is 5.00. The predicted molar refractivity (Wildman–Crippen MR) is 116 cm³/mol. The van der Waals surface area contributed by atoms with Crippen molar-refractivity contribution in [3.05, 3.63) is 125 Å². The summed E-state index contributed by atoms with van der Waals surface area (Å²) in [6, 6.07) is 23.3. The van der Waals surface area contributed by atoms with Crippen LogP contribution in [0.5, 0.6) is 0 Å². The van der Waals surface area contributed by atoms with E-state index in [1.165, 1.54) is 35.2 Å². The highest BCUT2D eigenvalue weighted by molar-refractivity contribution is 6.14. The first-order valence-electron chi connectivity index (χ1n) is 9.85. The number of aliphatic hydroxyl groups excluding tert-OH is 1. The van der Waals surface area contributed by atoms with Crippen LogP contribution in [0.1, 0.15) is 22.7 Å². The molecule has 0 fully saturated rings. The van der Waals surface area contributed by atoms with Gasteiger partial charge in [-0.25, -0.2) is 4.39 Å². The van der Waals surface area contributed by atoms with E-state index in [1.54, 1.807) is 6.08 Å². The number of nitrogens with zero attached hydrogens (tertiary/aromatic N) is 1. The van der Waals surface area contributed by atoms with Gasteiger partial charge in [-0.3, -0.25) is 9.59 Å². The molecule has 4 nitrogen and oxygen atoms in total. The molecule has 0 bridgehead atoms. The topological polar surface area (TPSA) is 57.6 Å². The minimum absolute atomic E-state index is 0.0141. The standard InChI is InChI=1S/C26H20FNO3/c27-21-14-12-20(13-15-21)24-23(22(29)16-11-18-7-3-1-4-8-18)25(30)26(31)28(24)17-19-9-5-2-6-10-19/h1-16,24,30H,17H2. The van der Waals surface area contributed by atoms with Crippen molar-refractivity contribution in [1.82, 2.24) is 4.90 Å². The average Bonchev–Trinajstić information content (AvgIpc) is 3.04. The number of allylic oxidation sites excluding steroid dienone is 1. The SMILES string of the molecule is O=C(C=Cc1ccccc1)C1=C(O)C(=O)N(Cc2ccccc2)C1c1ccc(F)cc1. The highest BCUT2D eigenvalue weighted by atomic mass is 19.1. The van der Waals surface area contributed by atoms with Crippen LogP contribution in [0.4, 0.5) is 4.39 Å². The molecule has 0 spiro atoms. The lowest BCUT2D eigenvalue weighted by atomic mass is 9.95. The molecule has 31 heavy (non-hydrogen) atoms. The highest BCUT2D eigenvalue weighted by Crippen LogP contribution is 2.39. The molecular formula is C26H20FNO3. The zero-order valence-electron chi connectivity index (χ0n) is 16.6. The molecule has 0 aliphatic carbocycles. The quantitative estimate of drug-likeness (QED) is 0.579. The summed E-state index contributed by atoms with van der Waals surface area (Å²) in [4.78, 5) is 27.4. The Kier molecular flexibility index (Phi) is 5.76. The molecule has 0 saturated heterocycles. The van der Waals surface area contributed by atoms with Crippen LogP contribution in [-0.4, -0.2) is 21.7 Å². The smallest absolute Gasteiger partial charge is 0.290 e. The van der Waals surface area contributed by atoms with Crippen molar-refractivity contribution in [1.29, 1.82) is 0 Å². The van der Waals surface area contributed by atoms with Crippen molar-refractivity contribution in [2.75, 3.05) is 0 Å². The van der Waals surface area contributed by atoms with Crippen LogP contribution in [0.25, 0.3) is 6.08 Å². The molecule has 1 atom stereocenters. The first-order valence-corrected chi connectivity index (χ1v) is 9.85. The van der Waals surface area contributed by atoms with Gasteiger partial charge >= 0.3 is 0 Å². The Morgan fingerprint density at radius 3 is 2.19 bits per heavy atom. The lowest BCUT2D eigenvalue weighted by molar-refractivity contribution is -0.130. The van der Waals surface area contributed by atoms with E-state index < -0.39 is 29.3 Å². The van der Waals surface area contributed by atoms with Crippen LogP contribution in [0.3, 0.4) is 0 Å². The number of hydrogen-bond donors (Lipinski definition) is 1. The molecule has 1 aliphatic heterocycles. The summed E-state index contributed by atoms with van der Waals surface area (Å²) in [5.41, 5.74) is 2.20. The van der Waals surface area contributed by atoms with E-state index in [0.29, 0.717) is 5.56 Å². The molecule has 154 valence electrons. The fourth-order valence-electron chi connectivity index (χ4n) is 3.67. The van der Waals surface area contributed by atoms with Crippen LogP contribution in [0.2, 0.25) is 0 Å². The van der Waals surface area contributed by atoms with E-state index in [9.17, 15) is 19.1 Å². The number of carbonyl (C=O) groups excluding carboxylic acids is 2. The summed E-state index contributed by atoms with van der Waals surface area (Å²) in [6.45, 7) is 0.199. The number of ketones is 1. The molecule has 0 aromatic heterocycles. The van der Waals surface area contributed by atoms with Crippen LogP contribution in [0, 0.1) is 5.82 Å². The number of aliphatic hydroxyl groups is 1. The van der Waals surface area contributed by atoms with Gasteiger partial charge in [-0.1, -0.05) is 78.9 Å². The third kappa shape index (κ3) is 4.31. The van der Waals surface area contributed by atoms with Gasteiger partial charge in [0.2, 0.25) is 0 Å². The average molecular weight is 413 g/mol. The van der Waals surface area contributed by atoms with Gasteiger partial charge in [-0.2, -0.15) is 0 Å². The number of amides is 1. The summed E-state index contributed by atoms with van der Waals surface area (Å²) in [5.74, 6) is -2.10. The van der Waals surface area contributed by atoms with Crippen molar-refractivity contribution >= 4 is 17.8 Å². The third-order valence-electron chi connectivity index (χ3n) is 5.18. The zero-order valence-corrected chi connectivity index (χ0v) is 16.6. The number of benzene rings is 3. The van der Waals surface area contributed by atoms with Gasteiger partial charge in [0, 0.05) is 6.54 Å². The van der Waals surface area contributed by atoms with E-state index in [-0.39, 0.29) is 12.1 Å². The molecule has 0 radical (unpaired) electrons. The van der Waals surface area contributed by atoms with Crippen molar-refractivity contribution in [2.45, 2.75) is 12.6 Å². The lowest BCUT2D eigenvalue weighted by Crippen LogP contribution is -2.30. The number of hydrogen-bond acceptors (Lipinski definition) is 3. The lowest BCUT2D eigenvalue weighted by Gasteiger charge is -2.26. The Morgan fingerprint density at radius 2 is 1.55 bits per heavy atom. The van der Waals surface area contributed by atoms with Gasteiger partial charge in [-0.05, 0) is 34.9 Å². The summed E-state index contributed by atoms with van der Waals surface area (Å²) in [7, 11) is 0. The minimum Gasteiger partial charge on any atom is -0.503 e. The van der Waals surface area contributed by atoms with Crippen LogP contribution < -0.4 is 0 Å². The van der Waals surface area contributed by atoms with E-state index in [0.717, 1.165) is 11.1 Å². The number of carbonyl (C=O) groups is 2. The summed E-state index contributed by atoms with van der Waals surface area (Å²) in [6.07, 6.45) is 2.98. The Morgan fingerprint density at radius 1 is 0.935 bits per heavy atom. The van der Waals surface area contributed by atoms with Gasteiger partial charge in [0.1, 0.15) is 5.82 Å².